The summed E-state index contributed by atoms with van der Waals surface area (Å²) in [7, 11) is 3.04. The van der Waals surface area contributed by atoms with Gasteiger partial charge in [-0.2, -0.15) is 0 Å². The quantitative estimate of drug-likeness (QED) is 0.680. The van der Waals surface area contributed by atoms with E-state index in [0.29, 0.717) is 19.0 Å². The van der Waals surface area contributed by atoms with Crippen molar-refractivity contribution in [2.24, 2.45) is 0 Å². The normalized spacial score (nSPS) is 10.1. The lowest BCUT2D eigenvalue weighted by Gasteiger charge is -2.10. The summed E-state index contributed by atoms with van der Waals surface area (Å²) in [4.78, 5) is 0. The summed E-state index contributed by atoms with van der Waals surface area (Å²) in [6, 6.07) is 4.60. The van der Waals surface area contributed by atoms with E-state index in [0.717, 1.165) is 6.42 Å². The summed E-state index contributed by atoms with van der Waals surface area (Å²) in [6.07, 6.45) is 0.760. The second-order valence-electron chi connectivity index (χ2n) is 2.97. The van der Waals surface area contributed by atoms with E-state index in [1.807, 2.05) is 0 Å². The molecular weight excluding hydrogens is 199 g/mol. The summed E-state index contributed by atoms with van der Waals surface area (Å²) in [6.45, 7) is 1.10. The molecule has 0 aliphatic heterocycles. The van der Waals surface area contributed by atoms with Crippen molar-refractivity contribution in [3.63, 3.8) is 0 Å². The van der Waals surface area contributed by atoms with Crippen LogP contribution in [-0.2, 0) is 4.74 Å². The molecule has 1 aromatic carbocycles. The summed E-state index contributed by atoms with van der Waals surface area (Å²) in [5.41, 5.74) is 0. The standard InChI is InChI=1S/C11H15FO3/c1-13-7-4-8-15-10-6-3-5-9(12)11(10)14-2/h3,5-6H,4,7-8H2,1-2H3. The van der Waals surface area contributed by atoms with Gasteiger partial charge in [-0.25, -0.2) is 4.39 Å². The van der Waals surface area contributed by atoms with Gasteiger partial charge in [0.1, 0.15) is 0 Å². The Labute approximate surface area is 88.8 Å². The Bertz CT molecular complexity index is 302. The van der Waals surface area contributed by atoms with Crippen LogP contribution in [0.4, 0.5) is 4.39 Å². The van der Waals surface area contributed by atoms with Gasteiger partial charge >= 0.3 is 0 Å². The number of benzene rings is 1. The summed E-state index contributed by atoms with van der Waals surface area (Å²) in [5, 5.41) is 0. The Morgan fingerprint density at radius 3 is 2.67 bits per heavy atom. The fourth-order valence-electron chi connectivity index (χ4n) is 1.19. The molecule has 4 heteroatoms. The van der Waals surface area contributed by atoms with Gasteiger partial charge in [0, 0.05) is 20.1 Å². The Morgan fingerprint density at radius 1 is 1.20 bits per heavy atom. The number of hydrogen-bond acceptors (Lipinski definition) is 3. The molecule has 1 aromatic rings. The molecule has 3 nitrogen and oxygen atoms in total. The fraction of sp³-hybridized carbons (Fsp3) is 0.455. The average molecular weight is 214 g/mol. The summed E-state index contributed by atoms with van der Waals surface area (Å²) >= 11 is 0. The Morgan fingerprint density at radius 2 is 2.00 bits per heavy atom. The largest absolute Gasteiger partial charge is 0.490 e. The van der Waals surface area contributed by atoms with Gasteiger partial charge in [-0.3, -0.25) is 0 Å². The molecule has 0 aliphatic carbocycles. The topological polar surface area (TPSA) is 27.7 Å². The molecule has 0 N–H and O–H groups in total. The van der Waals surface area contributed by atoms with E-state index in [1.54, 1.807) is 19.2 Å². The number of halogens is 1. The van der Waals surface area contributed by atoms with E-state index in [2.05, 4.69) is 0 Å². The van der Waals surface area contributed by atoms with E-state index in [4.69, 9.17) is 14.2 Å². The van der Waals surface area contributed by atoms with Crippen LogP contribution >= 0.6 is 0 Å². The van der Waals surface area contributed by atoms with Gasteiger partial charge < -0.3 is 14.2 Å². The minimum absolute atomic E-state index is 0.148. The Hall–Kier alpha value is -1.29. The van der Waals surface area contributed by atoms with E-state index < -0.39 is 5.82 Å². The predicted molar refractivity (Wildman–Crippen MR) is 54.9 cm³/mol. The van der Waals surface area contributed by atoms with E-state index in [9.17, 15) is 4.39 Å². The third-order valence-electron chi connectivity index (χ3n) is 1.89. The second kappa shape index (κ2) is 6.24. The van der Waals surface area contributed by atoms with E-state index in [-0.39, 0.29) is 5.75 Å². The number of ether oxygens (including phenoxy) is 3. The van der Waals surface area contributed by atoms with Crippen LogP contribution in [0.5, 0.6) is 11.5 Å². The van der Waals surface area contributed by atoms with Crippen LogP contribution in [0.3, 0.4) is 0 Å². The number of methoxy groups -OCH3 is 2. The first kappa shape index (κ1) is 11.8. The Balaban J connectivity index is 2.56. The average Bonchev–Trinajstić information content (AvgIpc) is 2.24. The third kappa shape index (κ3) is 3.40. The highest BCUT2D eigenvalue weighted by Gasteiger charge is 2.08. The van der Waals surface area contributed by atoms with Gasteiger partial charge in [0.25, 0.3) is 0 Å². The maximum absolute atomic E-state index is 13.2. The molecule has 0 saturated carbocycles. The van der Waals surface area contributed by atoms with Crippen molar-refractivity contribution < 1.29 is 18.6 Å². The van der Waals surface area contributed by atoms with Crippen molar-refractivity contribution in [1.82, 2.24) is 0 Å². The van der Waals surface area contributed by atoms with Crippen molar-refractivity contribution >= 4 is 0 Å². The molecule has 0 aromatic heterocycles. The summed E-state index contributed by atoms with van der Waals surface area (Å²) < 4.78 is 28.3. The smallest absolute Gasteiger partial charge is 0.196 e. The van der Waals surface area contributed by atoms with Crippen LogP contribution in [0.1, 0.15) is 6.42 Å². The third-order valence-corrected chi connectivity index (χ3v) is 1.89. The fourth-order valence-corrected chi connectivity index (χ4v) is 1.19. The molecule has 0 amide bonds. The molecular formula is C11H15FO3. The number of para-hydroxylation sites is 1. The van der Waals surface area contributed by atoms with Crippen LogP contribution < -0.4 is 9.47 Å². The van der Waals surface area contributed by atoms with Crippen LogP contribution in [0.2, 0.25) is 0 Å². The zero-order valence-electron chi connectivity index (χ0n) is 8.96. The monoisotopic (exact) mass is 214 g/mol. The minimum atomic E-state index is -0.415. The Kier molecular flexibility index (Phi) is 4.90. The SMILES string of the molecule is COCCCOc1cccc(F)c1OC. The van der Waals surface area contributed by atoms with Crippen LogP contribution in [0.25, 0.3) is 0 Å². The second-order valence-corrected chi connectivity index (χ2v) is 2.97. The highest BCUT2D eigenvalue weighted by Crippen LogP contribution is 2.29. The maximum atomic E-state index is 13.2. The molecule has 0 unspecified atom stereocenters. The first-order valence-electron chi connectivity index (χ1n) is 4.74. The molecule has 84 valence electrons. The molecule has 0 atom stereocenters. The molecule has 15 heavy (non-hydrogen) atoms. The van der Waals surface area contributed by atoms with Gasteiger partial charge in [-0.15, -0.1) is 0 Å². The highest BCUT2D eigenvalue weighted by molar-refractivity contribution is 5.40. The highest BCUT2D eigenvalue weighted by atomic mass is 19.1. The predicted octanol–water partition coefficient (Wildman–Crippen LogP) is 2.25. The number of hydrogen-bond donors (Lipinski definition) is 0. The first-order valence-corrected chi connectivity index (χ1v) is 4.74. The van der Waals surface area contributed by atoms with Crippen molar-refractivity contribution in [1.29, 1.82) is 0 Å². The molecule has 0 saturated heterocycles. The van der Waals surface area contributed by atoms with Crippen LogP contribution in [0.15, 0.2) is 18.2 Å². The molecule has 0 heterocycles. The zero-order chi connectivity index (χ0) is 11.1. The van der Waals surface area contributed by atoms with Crippen molar-refractivity contribution in [3.8, 4) is 11.5 Å². The van der Waals surface area contributed by atoms with Crippen LogP contribution in [-0.4, -0.2) is 27.4 Å². The maximum Gasteiger partial charge on any atom is 0.196 e. The van der Waals surface area contributed by atoms with Gasteiger partial charge in [0.05, 0.1) is 13.7 Å². The molecule has 0 fully saturated rings. The molecule has 0 bridgehead atoms. The van der Waals surface area contributed by atoms with Crippen LogP contribution in [0, 0.1) is 5.82 Å². The van der Waals surface area contributed by atoms with Gasteiger partial charge in [-0.1, -0.05) is 6.07 Å². The molecule has 1 rings (SSSR count). The van der Waals surface area contributed by atoms with Crippen molar-refractivity contribution in [2.75, 3.05) is 27.4 Å². The van der Waals surface area contributed by atoms with Crippen molar-refractivity contribution in [2.45, 2.75) is 6.42 Å². The lowest BCUT2D eigenvalue weighted by Crippen LogP contribution is -2.03. The number of rotatable bonds is 6. The molecule has 0 spiro atoms. The van der Waals surface area contributed by atoms with Gasteiger partial charge in [0.2, 0.25) is 0 Å². The summed E-state index contributed by atoms with van der Waals surface area (Å²) in [5.74, 6) is 0.158. The molecule has 0 radical (unpaired) electrons. The molecule has 0 aliphatic rings. The zero-order valence-corrected chi connectivity index (χ0v) is 8.96. The van der Waals surface area contributed by atoms with E-state index in [1.165, 1.54) is 13.2 Å². The first-order chi connectivity index (χ1) is 7.29. The van der Waals surface area contributed by atoms with E-state index >= 15 is 0 Å². The minimum Gasteiger partial charge on any atom is -0.490 e. The van der Waals surface area contributed by atoms with Gasteiger partial charge in [0.15, 0.2) is 17.3 Å². The lowest BCUT2D eigenvalue weighted by atomic mass is 10.3. The van der Waals surface area contributed by atoms with Gasteiger partial charge in [-0.05, 0) is 12.1 Å². The lowest BCUT2D eigenvalue weighted by molar-refractivity contribution is 0.170. The van der Waals surface area contributed by atoms with Crippen molar-refractivity contribution in [3.05, 3.63) is 24.0 Å².